The Balaban J connectivity index is 1.99. The second-order valence-electron chi connectivity index (χ2n) is 7.92. The number of rotatable bonds is 6. The van der Waals surface area contributed by atoms with Crippen molar-refractivity contribution >= 4 is 29.1 Å². The molecule has 0 saturated heterocycles. The Bertz CT molecular complexity index is 1230. The van der Waals surface area contributed by atoms with Gasteiger partial charge in [0.25, 0.3) is 0 Å². The summed E-state index contributed by atoms with van der Waals surface area (Å²) in [6.07, 6.45) is -9.48. The van der Waals surface area contributed by atoms with Crippen molar-refractivity contribution in [3.05, 3.63) is 70.0 Å². The normalized spacial score (nSPS) is 12.6. The molecule has 0 unspecified atom stereocenters. The molecule has 0 bridgehead atoms. The third-order valence-electron chi connectivity index (χ3n) is 5.42. The maximum Gasteiger partial charge on any atom is 0.435 e. The van der Waals surface area contributed by atoms with Crippen LogP contribution in [0.2, 0.25) is 10.0 Å². The van der Waals surface area contributed by atoms with E-state index in [2.05, 4.69) is 5.10 Å². The highest BCUT2D eigenvalue weighted by Crippen LogP contribution is 2.54. The highest BCUT2D eigenvalue weighted by atomic mass is 35.5. The van der Waals surface area contributed by atoms with E-state index in [1.54, 1.807) is 37.1 Å². The zero-order chi connectivity index (χ0) is 27.1. The van der Waals surface area contributed by atoms with Gasteiger partial charge in [0, 0.05) is 37.3 Å². The number of benzene rings is 2. The van der Waals surface area contributed by atoms with Gasteiger partial charge in [0.15, 0.2) is 0 Å². The summed E-state index contributed by atoms with van der Waals surface area (Å²) in [7, 11) is 1.66. The summed E-state index contributed by atoms with van der Waals surface area (Å²) < 4.78 is 94.2. The fourth-order valence-corrected chi connectivity index (χ4v) is 4.21. The maximum absolute atomic E-state index is 14.4. The molecule has 0 radical (unpaired) electrons. The summed E-state index contributed by atoms with van der Waals surface area (Å²) in [5.74, 6) is -0.0469. The molecule has 3 rings (SSSR count). The van der Waals surface area contributed by atoms with Gasteiger partial charge in [-0.25, -0.2) is 9.07 Å². The minimum Gasteiger partial charge on any atom is -0.341 e. The SMILES string of the molecule is CCC(=O)N(C)Cc1cccc(-c2cnn(-c3c(Cl)cc(C(F)(C(F)(F)F)C(F)(F)F)cc3Cl)c2)c1. The van der Waals surface area contributed by atoms with Gasteiger partial charge in [-0.2, -0.15) is 31.4 Å². The van der Waals surface area contributed by atoms with Gasteiger partial charge in [-0.3, -0.25) is 4.79 Å². The van der Waals surface area contributed by atoms with Crippen LogP contribution in [-0.2, 0) is 17.0 Å². The van der Waals surface area contributed by atoms with Gasteiger partial charge < -0.3 is 4.90 Å². The van der Waals surface area contributed by atoms with Crippen LogP contribution in [0.25, 0.3) is 16.8 Å². The average Bonchev–Trinajstić information content (AvgIpc) is 3.25. The molecule has 3 aromatic rings. The molecule has 1 aromatic heterocycles. The van der Waals surface area contributed by atoms with Crippen LogP contribution in [0.5, 0.6) is 0 Å². The first kappa shape index (κ1) is 27.8. The summed E-state index contributed by atoms with van der Waals surface area (Å²) in [4.78, 5) is 13.4. The Morgan fingerprint density at radius 3 is 2.08 bits per heavy atom. The highest BCUT2D eigenvalue weighted by molar-refractivity contribution is 6.37. The summed E-state index contributed by atoms with van der Waals surface area (Å²) in [5.41, 5.74) is -5.71. The summed E-state index contributed by atoms with van der Waals surface area (Å²) in [6.45, 7) is 2.09. The van der Waals surface area contributed by atoms with E-state index in [4.69, 9.17) is 23.2 Å². The number of halogens is 9. The van der Waals surface area contributed by atoms with Crippen molar-refractivity contribution in [3.8, 4) is 16.8 Å². The van der Waals surface area contributed by atoms with E-state index in [-0.39, 0.29) is 23.7 Å². The lowest BCUT2D eigenvalue weighted by molar-refractivity contribution is -0.348. The standard InChI is InChI=1S/C23H18Cl2F7N3O/c1-3-19(36)34(2)11-13-5-4-6-14(7-13)15-10-33-35(12-15)20-17(24)8-16(9-18(20)25)21(26,22(27,28)29)23(30,31)32/h4-10,12H,3,11H2,1-2H3. The summed E-state index contributed by atoms with van der Waals surface area (Å²) in [6, 6.07) is 7.54. The third-order valence-corrected chi connectivity index (χ3v) is 5.99. The molecule has 0 aliphatic heterocycles. The van der Waals surface area contributed by atoms with E-state index in [0.29, 0.717) is 24.1 Å². The molecule has 0 N–H and O–H groups in total. The van der Waals surface area contributed by atoms with Gasteiger partial charge in [0.1, 0.15) is 5.69 Å². The van der Waals surface area contributed by atoms with E-state index < -0.39 is 33.6 Å². The number of carbonyl (C=O) groups excluding carboxylic acids is 1. The number of carbonyl (C=O) groups is 1. The average molecular weight is 556 g/mol. The van der Waals surface area contributed by atoms with Crippen LogP contribution >= 0.6 is 23.2 Å². The van der Waals surface area contributed by atoms with Crippen LogP contribution in [0.1, 0.15) is 24.5 Å². The van der Waals surface area contributed by atoms with Crippen molar-refractivity contribution in [1.82, 2.24) is 14.7 Å². The van der Waals surface area contributed by atoms with Gasteiger partial charge >= 0.3 is 18.0 Å². The molecular formula is C23H18Cl2F7N3O. The van der Waals surface area contributed by atoms with Crippen molar-refractivity contribution < 1.29 is 35.5 Å². The Morgan fingerprint density at radius 2 is 1.56 bits per heavy atom. The molecule has 194 valence electrons. The van der Waals surface area contributed by atoms with E-state index in [9.17, 15) is 35.5 Å². The molecule has 2 aromatic carbocycles. The fraction of sp³-hybridized carbons (Fsp3) is 0.304. The van der Waals surface area contributed by atoms with E-state index in [0.717, 1.165) is 10.2 Å². The molecule has 13 heteroatoms. The van der Waals surface area contributed by atoms with Gasteiger partial charge in [-0.15, -0.1) is 0 Å². The molecule has 1 heterocycles. The quantitative estimate of drug-likeness (QED) is 0.295. The number of hydrogen-bond donors (Lipinski definition) is 0. The monoisotopic (exact) mass is 555 g/mol. The lowest BCUT2D eigenvalue weighted by Crippen LogP contribution is -2.50. The lowest BCUT2D eigenvalue weighted by atomic mass is 9.94. The molecule has 36 heavy (non-hydrogen) atoms. The van der Waals surface area contributed by atoms with Gasteiger partial charge in [0.05, 0.1) is 16.2 Å². The van der Waals surface area contributed by atoms with E-state index >= 15 is 0 Å². The molecule has 0 fully saturated rings. The molecule has 0 atom stereocenters. The van der Waals surface area contributed by atoms with Gasteiger partial charge in [-0.05, 0) is 29.3 Å². The topological polar surface area (TPSA) is 38.1 Å². The van der Waals surface area contributed by atoms with Crippen molar-refractivity contribution in [1.29, 1.82) is 0 Å². The summed E-state index contributed by atoms with van der Waals surface area (Å²) in [5, 5.41) is 2.71. The largest absolute Gasteiger partial charge is 0.435 e. The van der Waals surface area contributed by atoms with Crippen LogP contribution in [-0.4, -0.2) is 40.0 Å². The highest BCUT2D eigenvalue weighted by Gasteiger charge is 2.73. The molecule has 4 nitrogen and oxygen atoms in total. The molecule has 0 aliphatic carbocycles. The van der Waals surface area contributed by atoms with Crippen molar-refractivity contribution in [2.45, 2.75) is 37.9 Å². The fourth-order valence-electron chi connectivity index (χ4n) is 3.55. The Hall–Kier alpha value is -2.79. The van der Waals surface area contributed by atoms with Crippen molar-refractivity contribution in [2.24, 2.45) is 0 Å². The zero-order valence-corrected chi connectivity index (χ0v) is 20.2. The van der Waals surface area contributed by atoms with Crippen LogP contribution in [0, 0.1) is 0 Å². The van der Waals surface area contributed by atoms with Crippen molar-refractivity contribution in [3.63, 3.8) is 0 Å². The third kappa shape index (κ3) is 5.17. The second kappa shape index (κ2) is 9.93. The van der Waals surface area contributed by atoms with Crippen LogP contribution in [0.3, 0.4) is 0 Å². The predicted molar refractivity (Wildman–Crippen MR) is 121 cm³/mol. The molecular weight excluding hydrogens is 538 g/mol. The van der Waals surface area contributed by atoms with Crippen LogP contribution in [0.15, 0.2) is 48.8 Å². The first-order chi connectivity index (χ1) is 16.6. The molecule has 0 spiro atoms. The van der Waals surface area contributed by atoms with Gasteiger partial charge in [0.2, 0.25) is 5.91 Å². The molecule has 0 saturated carbocycles. The maximum atomic E-state index is 14.4. The number of aromatic nitrogens is 2. The first-order valence-corrected chi connectivity index (χ1v) is 11.1. The van der Waals surface area contributed by atoms with E-state index in [1.807, 2.05) is 6.07 Å². The zero-order valence-electron chi connectivity index (χ0n) is 18.7. The summed E-state index contributed by atoms with van der Waals surface area (Å²) >= 11 is 11.9. The minimum atomic E-state index is -6.31. The minimum absolute atomic E-state index is 0.0469. The smallest absolute Gasteiger partial charge is 0.341 e. The Labute approximate surface area is 211 Å². The van der Waals surface area contributed by atoms with Crippen LogP contribution < -0.4 is 0 Å². The Morgan fingerprint density at radius 1 is 0.972 bits per heavy atom. The second-order valence-corrected chi connectivity index (χ2v) is 8.73. The molecule has 1 amide bonds. The van der Waals surface area contributed by atoms with Crippen LogP contribution in [0.4, 0.5) is 30.7 Å². The number of nitrogens with zero attached hydrogens (tertiary/aromatic N) is 3. The Kier molecular flexibility index (Phi) is 7.67. The lowest BCUT2D eigenvalue weighted by Gasteiger charge is -2.30. The molecule has 0 aliphatic rings. The van der Waals surface area contributed by atoms with Gasteiger partial charge in [-0.1, -0.05) is 48.3 Å². The number of amides is 1. The number of alkyl halides is 7. The van der Waals surface area contributed by atoms with E-state index in [1.165, 1.54) is 12.4 Å². The first-order valence-electron chi connectivity index (χ1n) is 10.3. The number of hydrogen-bond acceptors (Lipinski definition) is 2. The predicted octanol–water partition coefficient (Wildman–Crippen LogP) is 7.50. The van der Waals surface area contributed by atoms with Crippen molar-refractivity contribution in [2.75, 3.05) is 7.05 Å².